The molecule has 2 amide bonds. The van der Waals surface area contributed by atoms with Gasteiger partial charge in [-0.15, -0.1) is 10.2 Å². The van der Waals surface area contributed by atoms with E-state index in [0.29, 0.717) is 49.0 Å². The molecule has 12 nitrogen and oxygen atoms in total. The number of ether oxygens (including phenoxy) is 4. The molecular formula is C39H46N4O8. The molecule has 0 bridgehead atoms. The van der Waals surface area contributed by atoms with Gasteiger partial charge >= 0.3 is 11.9 Å². The second-order valence-corrected chi connectivity index (χ2v) is 13.6. The van der Waals surface area contributed by atoms with Gasteiger partial charge in [0.2, 0.25) is 0 Å². The molecule has 2 aromatic carbocycles. The van der Waals surface area contributed by atoms with Gasteiger partial charge in [-0.1, -0.05) is 12.8 Å². The summed E-state index contributed by atoms with van der Waals surface area (Å²) in [5, 5.41) is 12.0. The van der Waals surface area contributed by atoms with Crippen molar-refractivity contribution in [1.29, 1.82) is 0 Å². The van der Waals surface area contributed by atoms with Gasteiger partial charge in [0.1, 0.15) is 17.3 Å². The minimum Gasteiger partial charge on any atom is -0.490 e. The summed E-state index contributed by atoms with van der Waals surface area (Å²) >= 11 is 0. The highest BCUT2D eigenvalue weighted by Crippen LogP contribution is 2.31. The third kappa shape index (κ3) is 9.03. The molecule has 3 saturated carbocycles. The van der Waals surface area contributed by atoms with Crippen molar-refractivity contribution in [3.8, 4) is 11.5 Å². The molecule has 1 N–H and O–H groups in total. The fourth-order valence-electron chi connectivity index (χ4n) is 7.26. The van der Waals surface area contributed by atoms with E-state index in [1.54, 1.807) is 60.7 Å². The second kappa shape index (κ2) is 16.8. The number of nitrogens with one attached hydrogen (secondary N) is 1. The topological polar surface area (TPSA) is 146 Å². The van der Waals surface area contributed by atoms with Crippen LogP contribution in [0.1, 0.15) is 97.8 Å². The van der Waals surface area contributed by atoms with Crippen molar-refractivity contribution >= 4 is 35.4 Å². The van der Waals surface area contributed by atoms with Gasteiger partial charge in [0.25, 0.3) is 11.8 Å². The van der Waals surface area contributed by atoms with Crippen LogP contribution in [-0.2, 0) is 19.1 Å². The molecule has 0 atom stereocenters. The van der Waals surface area contributed by atoms with Gasteiger partial charge in [0, 0.05) is 17.2 Å². The van der Waals surface area contributed by atoms with Gasteiger partial charge in [0.15, 0.2) is 5.82 Å². The lowest BCUT2D eigenvalue weighted by Gasteiger charge is -2.27. The molecule has 0 spiro atoms. The predicted molar refractivity (Wildman–Crippen MR) is 189 cm³/mol. The van der Waals surface area contributed by atoms with Gasteiger partial charge in [-0.2, -0.15) is 0 Å². The Labute approximate surface area is 298 Å². The van der Waals surface area contributed by atoms with Crippen molar-refractivity contribution in [2.24, 2.45) is 11.8 Å². The third-order valence-corrected chi connectivity index (χ3v) is 10.2. The fourth-order valence-corrected chi connectivity index (χ4v) is 7.26. The number of methoxy groups -OCH3 is 2. The Bertz CT molecular complexity index is 1550. The van der Waals surface area contributed by atoms with Crippen molar-refractivity contribution in [2.45, 2.75) is 95.3 Å². The number of hydrogen-bond acceptors (Lipinski definition) is 11. The lowest BCUT2D eigenvalue weighted by atomic mass is 9.87. The molecule has 1 aromatic heterocycles. The van der Waals surface area contributed by atoms with E-state index >= 15 is 0 Å². The number of imide groups is 1. The molecule has 1 heterocycles. The number of hydrogen-bond donors (Lipinski definition) is 1. The zero-order valence-electron chi connectivity index (χ0n) is 29.3. The number of aromatic nitrogens is 2. The lowest BCUT2D eigenvalue weighted by molar-refractivity contribution is -0.147. The molecule has 3 aliphatic carbocycles. The highest BCUT2D eigenvalue weighted by atomic mass is 16.5. The molecule has 3 aromatic rings. The maximum absolute atomic E-state index is 14.1. The zero-order valence-corrected chi connectivity index (χ0v) is 29.3. The van der Waals surface area contributed by atoms with Gasteiger partial charge in [0.05, 0.1) is 38.3 Å². The van der Waals surface area contributed by atoms with Crippen LogP contribution in [-0.4, -0.2) is 66.4 Å². The predicted octanol–water partition coefficient (Wildman–Crippen LogP) is 6.54. The van der Waals surface area contributed by atoms with Crippen LogP contribution in [0, 0.1) is 11.8 Å². The third-order valence-electron chi connectivity index (χ3n) is 10.2. The Morgan fingerprint density at radius 3 is 1.43 bits per heavy atom. The van der Waals surface area contributed by atoms with Gasteiger partial charge < -0.3 is 24.3 Å². The molecular weight excluding hydrogens is 652 g/mol. The van der Waals surface area contributed by atoms with E-state index in [4.69, 9.17) is 18.9 Å². The van der Waals surface area contributed by atoms with Crippen molar-refractivity contribution in [3.05, 3.63) is 71.8 Å². The Kier molecular flexibility index (Phi) is 11.8. The highest BCUT2D eigenvalue weighted by Gasteiger charge is 2.31. The van der Waals surface area contributed by atoms with E-state index in [1.165, 1.54) is 27.1 Å². The zero-order chi connectivity index (χ0) is 35.7. The van der Waals surface area contributed by atoms with E-state index in [2.05, 4.69) is 15.5 Å². The standard InChI is InChI=1S/C39H46N4O8/c1-48-38(46)27-11-19-32(20-12-27)50-30-15-7-25(8-16-30)36(44)43(35-24-23-34(41-42-35)40-29-5-3-4-6-29)37(45)26-9-17-31(18-10-26)51-33-21-13-28(14-22-33)39(47)49-2/h7-10,15-18,23-24,27-29,32-33H,3-6,11-14,19-22H2,1-2H3,(H,40,41)/t27-,28-,32+,33+. The van der Waals surface area contributed by atoms with Crippen LogP contribution < -0.4 is 19.7 Å². The van der Waals surface area contributed by atoms with Crippen LogP contribution >= 0.6 is 0 Å². The summed E-state index contributed by atoms with van der Waals surface area (Å²) in [5.74, 6) is 0.221. The van der Waals surface area contributed by atoms with Crippen LogP contribution in [0.2, 0.25) is 0 Å². The summed E-state index contributed by atoms with van der Waals surface area (Å²) in [5.41, 5.74) is 0.560. The minimum atomic E-state index is -0.557. The molecule has 3 aliphatic rings. The number of esters is 2. The van der Waals surface area contributed by atoms with E-state index in [9.17, 15) is 19.2 Å². The van der Waals surface area contributed by atoms with Gasteiger partial charge in [-0.25, -0.2) is 4.90 Å². The number of rotatable bonds is 11. The number of nitrogens with zero attached hydrogens (tertiary/aromatic N) is 3. The fraction of sp³-hybridized carbons (Fsp3) is 0.487. The van der Waals surface area contributed by atoms with E-state index in [-0.39, 0.29) is 52.9 Å². The number of anilines is 2. The molecule has 51 heavy (non-hydrogen) atoms. The molecule has 3 fully saturated rings. The number of carbonyl (C=O) groups excluding carboxylic acids is 4. The van der Waals surface area contributed by atoms with Crippen LogP contribution in [0.25, 0.3) is 0 Å². The lowest BCUT2D eigenvalue weighted by Crippen LogP contribution is -2.38. The summed E-state index contributed by atoms with van der Waals surface area (Å²) in [6.07, 6.45) is 10.1. The first-order valence-electron chi connectivity index (χ1n) is 18.0. The smallest absolute Gasteiger partial charge is 0.308 e. The maximum Gasteiger partial charge on any atom is 0.308 e. The normalized spacial score (nSPS) is 22.0. The van der Waals surface area contributed by atoms with Crippen LogP contribution in [0.4, 0.5) is 11.6 Å². The molecule has 0 aliphatic heterocycles. The second-order valence-electron chi connectivity index (χ2n) is 13.6. The summed E-state index contributed by atoms with van der Waals surface area (Å²) in [7, 11) is 2.82. The summed E-state index contributed by atoms with van der Waals surface area (Å²) < 4.78 is 22.1. The Morgan fingerprint density at radius 1 is 0.588 bits per heavy atom. The minimum absolute atomic E-state index is 0.0426. The first-order chi connectivity index (χ1) is 24.8. The maximum atomic E-state index is 14.1. The largest absolute Gasteiger partial charge is 0.490 e. The summed E-state index contributed by atoms with van der Waals surface area (Å²) in [6.45, 7) is 0. The van der Waals surface area contributed by atoms with Crippen molar-refractivity contribution < 1.29 is 38.1 Å². The Balaban J connectivity index is 1.15. The first kappa shape index (κ1) is 35.8. The van der Waals surface area contributed by atoms with E-state index < -0.39 is 11.8 Å². The van der Waals surface area contributed by atoms with Gasteiger partial charge in [-0.3, -0.25) is 19.2 Å². The average Bonchev–Trinajstić information content (AvgIpc) is 3.69. The summed E-state index contributed by atoms with van der Waals surface area (Å²) in [6, 6.07) is 17.1. The molecule has 270 valence electrons. The molecule has 12 heteroatoms. The molecule has 0 saturated heterocycles. The summed E-state index contributed by atoms with van der Waals surface area (Å²) in [4.78, 5) is 52.9. The van der Waals surface area contributed by atoms with Crippen LogP contribution in [0.3, 0.4) is 0 Å². The number of benzene rings is 2. The van der Waals surface area contributed by atoms with Crippen LogP contribution in [0.15, 0.2) is 60.7 Å². The SMILES string of the molecule is COC(=O)[C@H]1CC[C@@H](Oc2ccc(C(=O)N(C(=O)c3ccc(O[C@H]4CC[C@@H](C(=O)OC)CC4)cc3)c3ccc(NC4CCCC4)nn3)cc2)CC1. The van der Waals surface area contributed by atoms with E-state index in [0.717, 1.165) is 43.4 Å². The van der Waals surface area contributed by atoms with Crippen molar-refractivity contribution in [2.75, 3.05) is 24.4 Å². The molecule has 0 unspecified atom stereocenters. The van der Waals surface area contributed by atoms with Crippen molar-refractivity contribution in [1.82, 2.24) is 10.2 Å². The first-order valence-corrected chi connectivity index (χ1v) is 18.0. The average molecular weight is 699 g/mol. The Hall–Kier alpha value is -5.00. The van der Waals surface area contributed by atoms with E-state index in [1.807, 2.05) is 0 Å². The molecule has 0 radical (unpaired) electrons. The number of amides is 2. The van der Waals surface area contributed by atoms with Crippen LogP contribution in [0.5, 0.6) is 11.5 Å². The highest BCUT2D eigenvalue weighted by molar-refractivity contribution is 6.25. The monoisotopic (exact) mass is 698 g/mol. The Morgan fingerprint density at radius 2 is 1.04 bits per heavy atom. The quantitative estimate of drug-likeness (QED) is 0.172. The van der Waals surface area contributed by atoms with Crippen molar-refractivity contribution in [3.63, 3.8) is 0 Å². The molecule has 6 rings (SSSR count). The van der Waals surface area contributed by atoms with Gasteiger partial charge in [-0.05, 0) is 125 Å². The number of carbonyl (C=O) groups is 4.